The topological polar surface area (TPSA) is 133 Å². The third-order valence-electron chi connectivity index (χ3n) is 2.78. The summed E-state index contributed by atoms with van der Waals surface area (Å²) >= 11 is 0. The minimum Gasteiger partial charge on any atom is -0.504 e. The fraction of sp³-hybridized carbons (Fsp3) is 0.0714. The Morgan fingerprint density at radius 1 is 1.36 bits per heavy atom. The van der Waals surface area contributed by atoms with Crippen LogP contribution in [0.15, 0.2) is 24.5 Å². The van der Waals surface area contributed by atoms with E-state index in [2.05, 4.69) is 9.97 Å². The van der Waals surface area contributed by atoms with Gasteiger partial charge < -0.3 is 10.2 Å². The van der Waals surface area contributed by atoms with Gasteiger partial charge in [-0.3, -0.25) is 20.1 Å². The zero-order chi connectivity index (χ0) is 16.3. The first-order valence-electron chi connectivity index (χ1n) is 6.03. The molecule has 1 aromatic heterocycles. The smallest absolute Gasteiger partial charge is 0.315 e. The number of benzene rings is 1. The number of rotatable bonds is 3. The average Bonchev–Trinajstić information content (AvgIpc) is 2.49. The van der Waals surface area contributed by atoms with Gasteiger partial charge in [0.1, 0.15) is 6.07 Å². The molecule has 1 aromatic carbocycles. The van der Waals surface area contributed by atoms with Crippen LogP contribution in [0.1, 0.15) is 17.0 Å². The first-order chi connectivity index (χ1) is 10.4. The Hall–Kier alpha value is -3.47. The Bertz CT molecular complexity index is 807. The van der Waals surface area contributed by atoms with Gasteiger partial charge in [-0.05, 0) is 24.6 Å². The largest absolute Gasteiger partial charge is 0.504 e. The maximum Gasteiger partial charge on any atom is 0.315 e. The Morgan fingerprint density at radius 3 is 2.64 bits per heavy atom. The van der Waals surface area contributed by atoms with Gasteiger partial charge in [-0.2, -0.15) is 5.26 Å². The Labute approximate surface area is 124 Å². The number of nitro benzene ring substituents is 1. The molecule has 1 heterocycles. The molecule has 0 bridgehead atoms. The van der Waals surface area contributed by atoms with Crippen molar-refractivity contribution in [3.8, 4) is 17.6 Å². The van der Waals surface area contributed by atoms with Crippen LogP contribution in [-0.4, -0.2) is 25.1 Å². The molecule has 2 N–H and O–H groups in total. The molecule has 0 aliphatic carbocycles. The number of aromatic hydroxyl groups is 2. The van der Waals surface area contributed by atoms with E-state index in [1.807, 2.05) is 6.07 Å². The maximum absolute atomic E-state index is 10.8. The number of aromatic nitrogens is 2. The van der Waals surface area contributed by atoms with Crippen molar-refractivity contribution in [2.45, 2.75) is 6.92 Å². The molecule has 0 aliphatic rings. The zero-order valence-electron chi connectivity index (χ0n) is 11.4. The molecule has 0 spiro atoms. The Kier molecular flexibility index (Phi) is 3.99. The highest BCUT2D eigenvalue weighted by Crippen LogP contribution is 2.36. The van der Waals surface area contributed by atoms with Crippen LogP contribution in [-0.2, 0) is 0 Å². The van der Waals surface area contributed by atoms with Crippen LogP contribution in [0.25, 0.3) is 11.6 Å². The lowest BCUT2D eigenvalue weighted by atomic mass is 10.1. The number of phenols is 2. The molecule has 0 saturated carbocycles. The summed E-state index contributed by atoms with van der Waals surface area (Å²) in [4.78, 5) is 18.0. The van der Waals surface area contributed by atoms with Crippen LogP contribution in [0.2, 0.25) is 0 Å². The van der Waals surface area contributed by atoms with Crippen LogP contribution < -0.4 is 0 Å². The van der Waals surface area contributed by atoms with Gasteiger partial charge in [-0.25, -0.2) is 0 Å². The van der Waals surface area contributed by atoms with Crippen molar-refractivity contribution >= 4 is 17.3 Å². The van der Waals surface area contributed by atoms with Crippen molar-refractivity contribution in [1.82, 2.24) is 9.97 Å². The van der Waals surface area contributed by atoms with Gasteiger partial charge in [0.2, 0.25) is 5.75 Å². The van der Waals surface area contributed by atoms with Gasteiger partial charge in [-0.1, -0.05) is 0 Å². The van der Waals surface area contributed by atoms with Crippen LogP contribution in [0.5, 0.6) is 11.5 Å². The SMILES string of the molecule is Cc1cnc(/C(C#N)=C/c2cc(O)c(O)c([N+](=O)[O-])c2)cn1. The van der Waals surface area contributed by atoms with Gasteiger partial charge in [-0.15, -0.1) is 0 Å². The second-order valence-corrected chi connectivity index (χ2v) is 4.38. The van der Waals surface area contributed by atoms with Crippen molar-refractivity contribution in [2.24, 2.45) is 0 Å². The molecular formula is C14H10N4O4. The van der Waals surface area contributed by atoms with Gasteiger partial charge in [0.15, 0.2) is 5.75 Å². The molecule has 110 valence electrons. The fourth-order valence-corrected chi connectivity index (χ4v) is 1.71. The summed E-state index contributed by atoms with van der Waals surface area (Å²) < 4.78 is 0. The average molecular weight is 298 g/mol. The number of allylic oxidation sites excluding steroid dienone is 1. The lowest BCUT2D eigenvalue weighted by Gasteiger charge is -2.03. The lowest BCUT2D eigenvalue weighted by Crippen LogP contribution is -1.92. The number of hydrogen-bond acceptors (Lipinski definition) is 7. The van der Waals surface area contributed by atoms with Crippen LogP contribution in [0.3, 0.4) is 0 Å². The second-order valence-electron chi connectivity index (χ2n) is 4.38. The first kappa shape index (κ1) is 14.9. The molecule has 0 fully saturated rings. The normalized spacial score (nSPS) is 11.0. The summed E-state index contributed by atoms with van der Waals surface area (Å²) in [5.41, 5.74) is 0.619. The summed E-state index contributed by atoms with van der Waals surface area (Å²) in [6, 6.07) is 4.08. The predicted molar refractivity (Wildman–Crippen MR) is 76.7 cm³/mol. The molecule has 0 saturated heterocycles. The molecule has 0 amide bonds. The minimum atomic E-state index is -0.829. The quantitative estimate of drug-likeness (QED) is 0.384. The van der Waals surface area contributed by atoms with E-state index in [9.17, 15) is 25.6 Å². The molecule has 22 heavy (non-hydrogen) atoms. The molecule has 0 unspecified atom stereocenters. The Morgan fingerprint density at radius 2 is 2.09 bits per heavy atom. The van der Waals surface area contributed by atoms with Gasteiger partial charge in [0, 0.05) is 12.3 Å². The van der Waals surface area contributed by atoms with Gasteiger partial charge >= 0.3 is 5.69 Å². The van der Waals surface area contributed by atoms with Crippen LogP contribution >= 0.6 is 0 Å². The molecular weight excluding hydrogens is 288 g/mol. The van der Waals surface area contributed by atoms with E-state index in [-0.39, 0.29) is 11.1 Å². The van der Waals surface area contributed by atoms with Crippen molar-refractivity contribution in [3.05, 3.63) is 51.6 Å². The minimum absolute atomic E-state index is 0.117. The fourth-order valence-electron chi connectivity index (χ4n) is 1.71. The summed E-state index contributed by atoms with van der Waals surface area (Å²) in [5.74, 6) is -1.47. The number of nitro groups is 1. The molecule has 2 rings (SSSR count). The molecule has 8 nitrogen and oxygen atoms in total. The van der Waals surface area contributed by atoms with E-state index in [4.69, 9.17) is 0 Å². The van der Waals surface area contributed by atoms with E-state index < -0.39 is 22.1 Å². The summed E-state index contributed by atoms with van der Waals surface area (Å²) in [5, 5.41) is 39.0. The first-order valence-corrected chi connectivity index (χ1v) is 6.03. The predicted octanol–water partition coefficient (Wildman–Crippen LogP) is 2.17. The maximum atomic E-state index is 10.8. The molecule has 0 aliphatic heterocycles. The van der Waals surface area contributed by atoms with Crippen molar-refractivity contribution in [3.63, 3.8) is 0 Å². The van der Waals surface area contributed by atoms with E-state index >= 15 is 0 Å². The molecule has 0 atom stereocenters. The second kappa shape index (κ2) is 5.88. The van der Waals surface area contributed by atoms with Crippen molar-refractivity contribution in [2.75, 3.05) is 0 Å². The summed E-state index contributed by atoms with van der Waals surface area (Å²) in [6.45, 7) is 1.74. The van der Waals surface area contributed by atoms with E-state index in [1.165, 1.54) is 18.5 Å². The van der Waals surface area contributed by atoms with E-state index in [0.29, 0.717) is 11.4 Å². The molecule has 0 radical (unpaired) electrons. The summed E-state index contributed by atoms with van der Waals surface area (Å²) in [6.07, 6.45) is 4.20. The lowest BCUT2D eigenvalue weighted by molar-refractivity contribution is -0.386. The number of nitrogens with zero attached hydrogens (tertiary/aromatic N) is 4. The number of nitriles is 1. The third-order valence-corrected chi connectivity index (χ3v) is 2.78. The van der Waals surface area contributed by atoms with E-state index in [0.717, 1.165) is 12.1 Å². The van der Waals surface area contributed by atoms with Crippen molar-refractivity contribution < 1.29 is 15.1 Å². The van der Waals surface area contributed by atoms with E-state index in [1.54, 1.807) is 6.92 Å². The number of hydrogen-bond donors (Lipinski definition) is 2. The Balaban J connectivity index is 2.53. The van der Waals surface area contributed by atoms with Crippen LogP contribution in [0.4, 0.5) is 5.69 Å². The van der Waals surface area contributed by atoms with Gasteiger partial charge in [0.25, 0.3) is 0 Å². The summed E-state index contributed by atoms with van der Waals surface area (Å²) in [7, 11) is 0. The van der Waals surface area contributed by atoms with Crippen LogP contribution in [0, 0.1) is 28.4 Å². The van der Waals surface area contributed by atoms with Crippen molar-refractivity contribution in [1.29, 1.82) is 5.26 Å². The highest BCUT2D eigenvalue weighted by atomic mass is 16.6. The third kappa shape index (κ3) is 2.99. The monoisotopic (exact) mass is 298 g/mol. The number of aryl methyl sites for hydroxylation is 1. The highest BCUT2D eigenvalue weighted by molar-refractivity contribution is 5.88. The highest BCUT2D eigenvalue weighted by Gasteiger charge is 2.18. The zero-order valence-corrected chi connectivity index (χ0v) is 11.4. The molecule has 2 aromatic rings. The van der Waals surface area contributed by atoms with Gasteiger partial charge in [0.05, 0.1) is 28.1 Å². The standard InChI is InChI=1S/C14H10N4O4/c1-8-6-17-11(7-16-8)10(5-15)2-9-3-12(18(21)22)14(20)13(19)4-9/h2-4,6-7,19-20H,1H3/b10-2+. The number of phenolic OH excluding ortho intramolecular Hbond substituents is 2. The molecule has 8 heteroatoms.